The highest BCUT2D eigenvalue weighted by atomic mass is 32.2. The Labute approximate surface area is 328 Å². The number of aliphatic hydroxyl groups excluding tert-OH is 1. The monoisotopic (exact) mass is 789 g/mol. The predicted octanol–water partition coefficient (Wildman–Crippen LogP) is 4.91. The lowest BCUT2D eigenvalue weighted by Gasteiger charge is -2.44. The van der Waals surface area contributed by atoms with Crippen LogP contribution in [-0.2, 0) is 32.0 Å². The van der Waals surface area contributed by atoms with Gasteiger partial charge in [0.2, 0.25) is 11.7 Å². The molecule has 3 N–H and O–H groups in total. The van der Waals surface area contributed by atoms with E-state index in [0.717, 1.165) is 22.1 Å². The quantitative estimate of drug-likeness (QED) is 0.185. The highest BCUT2D eigenvalue weighted by Crippen LogP contribution is 2.55. The second-order valence-electron chi connectivity index (χ2n) is 15.0. The molecule has 0 unspecified atom stereocenters. The van der Waals surface area contributed by atoms with E-state index in [9.17, 15) is 19.8 Å². The van der Waals surface area contributed by atoms with Gasteiger partial charge < -0.3 is 48.0 Å². The highest BCUT2D eigenvalue weighted by Gasteiger charge is 2.54. The molecule has 4 aliphatic rings. The number of hydrogen-bond acceptors (Lipinski definition) is 15. The van der Waals surface area contributed by atoms with E-state index >= 15 is 0 Å². The van der Waals surface area contributed by atoms with E-state index in [0.29, 0.717) is 75.3 Å². The van der Waals surface area contributed by atoms with Gasteiger partial charge in [0, 0.05) is 64.9 Å². The van der Waals surface area contributed by atoms with Gasteiger partial charge in [0.15, 0.2) is 28.8 Å². The standard InChI is InChI=1S/C41H47N3O11S/c1-19-13-23-14-30(46)44-27(31-20(2)36(54-22(4)45)21(3)37-38(31)53-18-52-37)16-51-40(48)41(56-17-28(44)33(43(5)6)32(23)34(47)35(19)50-8)39-25(11-12-42-41)26-15-24(49-7)9-10-29(26)55-39/h9-10,13,15,27-28,30,33,42,46-47H,11-12,14,16-18H2,1-8H3/t27-,28-,30-,33+,41-/m0/s1. The number of thioether (sulfide) groups is 1. The summed E-state index contributed by atoms with van der Waals surface area (Å²) in [4.78, 5) is 29.9. The van der Waals surface area contributed by atoms with Crippen molar-refractivity contribution in [3.8, 4) is 34.5 Å². The van der Waals surface area contributed by atoms with Crippen LogP contribution >= 0.6 is 11.8 Å². The number of phenols is 1. The maximum Gasteiger partial charge on any atom is 0.345 e. The normalized spacial score (nSPS) is 24.7. The van der Waals surface area contributed by atoms with E-state index in [1.54, 1.807) is 14.0 Å². The topological polar surface area (TPSA) is 162 Å². The van der Waals surface area contributed by atoms with Crippen LogP contribution < -0.4 is 29.0 Å². The number of aliphatic hydroxyl groups is 1. The summed E-state index contributed by atoms with van der Waals surface area (Å²) in [5, 5.41) is 28.9. The van der Waals surface area contributed by atoms with Crippen LogP contribution in [0, 0.1) is 20.8 Å². The molecule has 0 bridgehead atoms. The number of likely N-dealkylation sites (N-methyl/N-ethyl adjacent to an activating group) is 1. The molecule has 15 heteroatoms. The fourth-order valence-electron chi connectivity index (χ4n) is 9.21. The minimum Gasteiger partial charge on any atom is -0.504 e. The van der Waals surface area contributed by atoms with Gasteiger partial charge in [-0.3, -0.25) is 15.0 Å². The lowest BCUT2D eigenvalue weighted by Crippen LogP contribution is -2.53. The fourth-order valence-corrected chi connectivity index (χ4v) is 10.7. The third kappa shape index (κ3) is 5.85. The number of aryl methyl sites for hydroxylation is 1. The van der Waals surface area contributed by atoms with E-state index in [4.69, 9.17) is 32.8 Å². The van der Waals surface area contributed by atoms with Gasteiger partial charge in [-0.05, 0) is 70.6 Å². The van der Waals surface area contributed by atoms with Gasteiger partial charge in [-0.25, -0.2) is 4.79 Å². The number of rotatable bonds is 5. The summed E-state index contributed by atoms with van der Waals surface area (Å²) in [6, 6.07) is 5.52. The van der Waals surface area contributed by atoms with Crippen molar-refractivity contribution in [2.24, 2.45) is 0 Å². The molecule has 4 aromatic rings. The summed E-state index contributed by atoms with van der Waals surface area (Å²) in [5.41, 5.74) is 5.29. The molecule has 1 spiro atoms. The number of benzene rings is 3. The van der Waals surface area contributed by atoms with Gasteiger partial charge in [0.1, 0.15) is 29.9 Å². The molecule has 14 nitrogen and oxygen atoms in total. The Balaban J connectivity index is 1.38. The van der Waals surface area contributed by atoms with Gasteiger partial charge >= 0.3 is 11.9 Å². The SMILES string of the molecule is COc1ccc2oc3c(c2c1)CCN[C@]31SC[C@H]2[C@@H](N(C)C)c3c(cc(C)c(OC)c3O)C[C@H](O)N2[C@H](c2c(C)c(OC(C)=O)c(C)c3c2OCO3)COC1=O. The van der Waals surface area contributed by atoms with E-state index < -0.39 is 41.2 Å². The Kier molecular flexibility index (Phi) is 9.80. The molecule has 5 heterocycles. The Morgan fingerprint density at radius 2 is 1.80 bits per heavy atom. The number of phenolic OH excluding ortho intramolecular Hbond substituents is 1. The Morgan fingerprint density at radius 3 is 2.52 bits per heavy atom. The van der Waals surface area contributed by atoms with Gasteiger partial charge in [0.05, 0.1) is 26.3 Å². The highest BCUT2D eigenvalue weighted by molar-refractivity contribution is 8.00. The maximum atomic E-state index is 14.9. The largest absolute Gasteiger partial charge is 0.504 e. The minimum atomic E-state index is -1.48. The number of nitrogens with one attached hydrogen (secondary N) is 1. The Hall–Kier alpha value is -4.67. The summed E-state index contributed by atoms with van der Waals surface area (Å²) in [5.74, 6) is 1.74. The van der Waals surface area contributed by atoms with E-state index in [2.05, 4.69) is 5.32 Å². The first-order chi connectivity index (χ1) is 26.8. The second-order valence-corrected chi connectivity index (χ2v) is 16.2. The fraction of sp³-hybridized carbons (Fsp3) is 0.463. The zero-order valence-corrected chi connectivity index (χ0v) is 33.5. The van der Waals surface area contributed by atoms with Crippen LogP contribution in [-0.4, -0.2) is 98.2 Å². The lowest BCUT2D eigenvalue weighted by atomic mass is 9.90. The van der Waals surface area contributed by atoms with Gasteiger partial charge in [-0.15, -0.1) is 11.8 Å². The molecule has 298 valence electrons. The zero-order valence-electron chi connectivity index (χ0n) is 32.7. The minimum absolute atomic E-state index is 0.00990. The van der Waals surface area contributed by atoms with Crippen LogP contribution in [0.15, 0.2) is 28.7 Å². The van der Waals surface area contributed by atoms with E-state index in [1.807, 2.05) is 62.0 Å². The van der Waals surface area contributed by atoms with Gasteiger partial charge in [-0.1, -0.05) is 6.07 Å². The molecule has 3 aromatic carbocycles. The number of carbonyl (C=O) groups excluding carboxylic acids is 2. The molecule has 1 aromatic heterocycles. The molecule has 0 saturated carbocycles. The third-order valence-corrected chi connectivity index (χ3v) is 13.0. The summed E-state index contributed by atoms with van der Waals surface area (Å²) in [6.45, 7) is 6.95. The molecular weight excluding hydrogens is 743 g/mol. The van der Waals surface area contributed by atoms with Crippen molar-refractivity contribution in [1.29, 1.82) is 0 Å². The molecule has 1 fully saturated rings. The average Bonchev–Trinajstić information content (AvgIpc) is 3.78. The van der Waals surface area contributed by atoms with Crippen molar-refractivity contribution in [2.45, 2.75) is 69.8 Å². The number of hydrogen-bond donors (Lipinski definition) is 3. The number of cyclic esters (lactones) is 1. The second kappa shape index (κ2) is 14.4. The van der Waals surface area contributed by atoms with Crippen LogP contribution in [0.3, 0.4) is 0 Å². The van der Waals surface area contributed by atoms with Crippen molar-refractivity contribution < 1.29 is 52.6 Å². The number of aromatic hydroxyl groups is 1. The first-order valence-electron chi connectivity index (χ1n) is 18.6. The molecule has 1 saturated heterocycles. The zero-order chi connectivity index (χ0) is 39.8. The lowest BCUT2D eigenvalue weighted by molar-refractivity contribution is -0.153. The first-order valence-corrected chi connectivity index (χ1v) is 19.6. The third-order valence-electron chi connectivity index (χ3n) is 11.5. The van der Waals surface area contributed by atoms with Crippen molar-refractivity contribution in [1.82, 2.24) is 15.1 Å². The van der Waals surface area contributed by atoms with Crippen molar-refractivity contribution >= 4 is 34.7 Å². The average molecular weight is 790 g/mol. The summed E-state index contributed by atoms with van der Waals surface area (Å²) in [7, 11) is 6.98. The molecule has 5 atom stereocenters. The van der Waals surface area contributed by atoms with Gasteiger partial charge in [-0.2, -0.15) is 0 Å². The molecule has 56 heavy (non-hydrogen) atoms. The number of carbonyl (C=O) groups is 2. The first kappa shape index (κ1) is 38.2. The predicted molar refractivity (Wildman–Crippen MR) is 207 cm³/mol. The van der Waals surface area contributed by atoms with Crippen LogP contribution in [0.25, 0.3) is 11.0 Å². The van der Waals surface area contributed by atoms with Crippen LogP contribution in [0.5, 0.6) is 34.5 Å². The van der Waals surface area contributed by atoms with E-state index in [1.165, 1.54) is 25.8 Å². The maximum absolute atomic E-state index is 14.9. The number of methoxy groups -OCH3 is 2. The summed E-state index contributed by atoms with van der Waals surface area (Å²) < 4.78 is 42.2. The number of furan rings is 1. The van der Waals surface area contributed by atoms with Crippen molar-refractivity contribution in [3.05, 3.63) is 69.0 Å². The molecule has 8 rings (SSSR count). The van der Waals surface area contributed by atoms with Crippen molar-refractivity contribution in [3.63, 3.8) is 0 Å². The molecule has 0 amide bonds. The Morgan fingerprint density at radius 1 is 1.04 bits per heavy atom. The molecule has 4 aliphatic heterocycles. The number of esters is 2. The van der Waals surface area contributed by atoms with Gasteiger partial charge in [0.25, 0.3) is 0 Å². The molecular formula is C41H47N3O11S. The number of ether oxygens (including phenoxy) is 6. The smallest absolute Gasteiger partial charge is 0.345 e. The van der Waals surface area contributed by atoms with Crippen LogP contribution in [0.1, 0.15) is 63.7 Å². The van der Waals surface area contributed by atoms with E-state index in [-0.39, 0.29) is 31.3 Å². The van der Waals surface area contributed by atoms with Crippen LogP contribution in [0.4, 0.5) is 0 Å². The number of fused-ring (bicyclic) bond motifs is 7. The molecule has 0 radical (unpaired) electrons. The summed E-state index contributed by atoms with van der Waals surface area (Å²) in [6.07, 6.45) is -0.420. The number of nitrogens with zero attached hydrogens (tertiary/aromatic N) is 2. The van der Waals surface area contributed by atoms with Crippen molar-refractivity contribution in [2.75, 3.05) is 54.0 Å². The van der Waals surface area contributed by atoms with Crippen LogP contribution in [0.2, 0.25) is 0 Å². The summed E-state index contributed by atoms with van der Waals surface area (Å²) >= 11 is 1.33. The Bertz CT molecular complexity index is 2260. The molecule has 0 aliphatic carbocycles.